The minimum absolute atomic E-state index is 0.0171. The van der Waals surface area contributed by atoms with E-state index in [9.17, 15) is 18.9 Å². The van der Waals surface area contributed by atoms with Crippen LogP contribution in [0.15, 0.2) is 30.5 Å². The van der Waals surface area contributed by atoms with Gasteiger partial charge in [0.15, 0.2) is 11.6 Å². The minimum atomic E-state index is -1.20. The van der Waals surface area contributed by atoms with Crippen LogP contribution in [0.3, 0.4) is 0 Å². The Morgan fingerprint density at radius 2 is 2.00 bits per heavy atom. The molecule has 0 aliphatic rings. The highest BCUT2D eigenvalue weighted by Crippen LogP contribution is 2.29. The molecule has 0 amide bonds. The highest BCUT2D eigenvalue weighted by atomic mass is 35.5. The van der Waals surface area contributed by atoms with Crippen LogP contribution in [0.25, 0.3) is 0 Å². The molecule has 0 N–H and O–H groups in total. The summed E-state index contributed by atoms with van der Waals surface area (Å²) in [4.78, 5) is 13.1. The van der Waals surface area contributed by atoms with E-state index in [0.29, 0.717) is 17.2 Å². The number of halogens is 3. The van der Waals surface area contributed by atoms with Gasteiger partial charge in [-0.05, 0) is 6.07 Å². The number of nitro groups is 1. The first-order valence-corrected chi connectivity index (χ1v) is 5.28. The lowest BCUT2D eigenvalue weighted by molar-refractivity contribution is -0.387. The maximum atomic E-state index is 13.5. The number of hydrogen-bond donors (Lipinski definition) is 0. The van der Waals surface area contributed by atoms with E-state index in [0.717, 1.165) is 0 Å². The zero-order valence-corrected chi connectivity index (χ0v) is 9.90. The number of aromatic nitrogens is 1. The highest BCUT2D eigenvalue weighted by molar-refractivity contribution is 6.30. The summed E-state index contributed by atoms with van der Waals surface area (Å²) < 4.78 is 31.8. The predicted octanol–water partition coefficient (Wildman–Crippen LogP) is 3.71. The van der Waals surface area contributed by atoms with Crippen LogP contribution in [0.4, 0.5) is 14.5 Å². The van der Waals surface area contributed by atoms with Gasteiger partial charge in [0.05, 0.1) is 16.0 Å². The molecule has 19 heavy (non-hydrogen) atoms. The van der Waals surface area contributed by atoms with Crippen molar-refractivity contribution in [1.29, 1.82) is 0 Å². The third-order valence-electron chi connectivity index (χ3n) is 2.11. The standard InChI is InChI=1S/C11H5ClF2N2O3/c12-6-1-2-11(15-5-6)19-10-4-7(13)9(16(17)18)3-8(10)14/h1-5H. The van der Waals surface area contributed by atoms with Gasteiger partial charge in [0.1, 0.15) is 0 Å². The summed E-state index contributed by atoms with van der Waals surface area (Å²) in [6, 6.07) is 3.83. The van der Waals surface area contributed by atoms with Gasteiger partial charge in [-0.1, -0.05) is 11.6 Å². The fraction of sp³-hybridized carbons (Fsp3) is 0. The molecule has 2 rings (SSSR count). The highest BCUT2D eigenvalue weighted by Gasteiger charge is 2.19. The second kappa shape index (κ2) is 5.15. The topological polar surface area (TPSA) is 65.3 Å². The molecule has 1 heterocycles. The average molecular weight is 287 g/mol. The zero-order chi connectivity index (χ0) is 14.0. The van der Waals surface area contributed by atoms with E-state index in [2.05, 4.69) is 4.98 Å². The largest absolute Gasteiger partial charge is 0.436 e. The molecule has 0 aliphatic carbocycles. The molecule has 0 unspecified atom stereocenters. The van der Waals surface area contributed by atoms with Crippen LogP contribution in [0.2, 0.25) is 5.02 Å². The number of benzene rings is 1. The first-order valence-electron chi connectivity index (χ1n) is 4.90. The summed E-state index contributed by atoms with van der Waals surface area (Å²) in [6.45, 7) is 0. The number of hydrogen-bond acceptors (Lipinski definition) is 4. The van der Waals surface area contributed by atoms with Crippen molar-refractivity contribution in [3.63, 3.8) is 0 Å². The Kier molecular flexibility index (Phi) is 3.57. The van der Waals surface area contributed by atoms with Gasteiger partial charge in [-0.2, -0.15) is 4.39 Å². The molecule has 0 atom stereocenters. The summed E-state index contributed by atoms with van der Waals surface area (Å²) in [7, 11) is 0. The van der Waals surface area contributed by atoms with Crippen LogP contribution in [0, 0.1) is 21.7 Å². The van der Waals surface area contributed by atoms with E-state index in [-0.39, 0.29) is 5.88 Å². The molecular formula is C11H5ClF2N2O3. The maximum Gasteiger partial charge on any atom is 0.307 e. The van der Waals surface area contributed by atoms with Gasteiger partial charge < -0.3 is 4.74 Å². The minimum Gasteiger partial charge on any atom is -0.436 e. The number of pyridine rings is 1. The normalized spacial score (nSPS) is 10.3. The molecule has 8 heteroatoms. The predicted molar refractivity (Wildman–Crippen MR) is 62.3 cm³/mol. The molecule has 0 saturated heterocycles. The van der Waals surface area contributed by atoms with E-state index in [4.69, 9.17) is 16.3 Å². The summed E-state index contributed by atoms with van der Waals surface area (Å²) >= 11 is 5.60. The molecular weight excluding hydrogens is 282 g/mol. The monoisotopic (exact) mass is 286 g/mol. The van der Waals surface area contributed by atoms with Crippen LogP contribution in [-0.2, 0) is 0 Å². The molecule has 1 aromatic carbocycles. The summed E-state index contributed by atoms with van der Waals surface area (Å²) in [5.74, 6) is -2.78. The molecule has 0 spiro atoms. The van der Waals surface area contributed by atoms with E-state index in [1.165, 1.54) is 18.3 Å². The molecule has 0 bridgehead atoms. The average Bonchev–Trinajstić information content (AvgIpc) is 2.35. The molecule has 98 valence electrons. The van der Waals surface area contributed by atoms with Crippen LogP contribution in [0.5, 0.6) is 11.6 Å². The fourth-order valence-electron chi connectivity index (χ4n) is 1.27. The van der Waals surface area contributed by atoms with Gasteiger partial charge in [-0.15, -0.1) is 0 Å². The van der Waals surface area contributed by atoms with Crippen molar-refractivity contribution in [2.75, 3.05) is 0 Å². The van der Waals surface area contributed by atoms with Crippen LogP contribution >= 0.6 is 11.6 Å². The van der Waals surface area contributed by atoms with Gasteiger partial charge >= 0.3 is 5.69 Å². The molecule has 0 radical (unpaired) electrons. The van der Waals surface area contributed by atoms with Crippen molar-refractivity contribution in [2.24, 2.45) is 0 Å². The Morgan fingerprint density at radius 1 is 1.26 bits per heavy atom. The van der Waals surface area contributed by atoms with Crippen molar-refractivity contribution in [3.8, 4) is 11.6 Å². The lowest BCUT2D eigenvalue weighted by Crippen LogP contribution is -1.97. The number of nitro benzene ring substituents is 1. The zero-order valence-electron chi connectivity index (χ0n) is 9.14. The second-order valence-electron chi connectivity index (χ2n) is 3.41. The lowest BCUT2D eigenvalue weighted by Gasteiger charge is -2.06. The van der Waals surface area contributed by atoms with Crippen molar-refractivity contribution >= 4 is 17.3 Å². The van der Waals surface area contributed by atoms with Gasteiger partial charge in [-0.3, -0.25) is 10.1 Å². The Labute approximate surface area is 110 Å². The van der Waals surface area contributed by atoms with Crippen LogP contribution < -0.4 is 4.74 Å². The Hall–Kier alpha value is -2.28. The summed E-state index contributed by atoms with van der Waals surface area (Å²) in [6.07, 6.45) is 1.26. The van der Waals surface area contributed by atoms with Gasteiger partial charge in [0, 0.05) is 18.3 Å². The SMILES string of the molecule is O=[N+]([O-])c1cc(F)c(Oc2ccc(Cl)cn2)cc1F. The molecule has 5 nitrogen and oxygen atoms in total. The van der Waals surface area contributed by atoms with Crippen molar-refractivity contribution in [1.82, 2.24) is 4.98 Å². The Morgan fingerprint density at radius 3 is 2.58 bits per heavy atom. The number of ether oxygens (including phenoxy) is 1. The van der Waals surface area contributed by atoms with E-state index >= 15 is 0 Å². The lowest BCUT2D eigenvalue weighted by atomic mass is 10.3. The van der Waals surface area contributed by atoms with Gasteiger partial charge in [0.25, 0.3) is 0 Å². The quantitative estimate of drug-likeness (QED) is 0.637. The third-order valence-corrected chi connectivity index (χ3v) is 2.34. The molecule has 0 aliphatic heterocycles. The first-order chi connectivity index (χ1) is 8.97. The number of rotatable bonds is 3. The van der Waals surface area contributed by atoms with E-state index in [1.807, 2.05) is 0 Å². The van der Waals surface area contributed by atoms with Gasteiger partial charge in [-0.25, -0.2) is 9.37 Å². The first kappa shape index (κ1) is 13.2. The Bertz CT molecular complexity index is 635. The molecule has 0 fully saturated rings. The van der Waals surface area contributed by atoms with E-state index in [1.54, 1.807) is 0 Å². The van der Waals surface area contributed by atoms with Crippen molar-refractivity contribution in [2.45, 2.75) is 0 Å². The smallest absolute Gasteiger partial charge is 0.307 e. The molecule has 2 aromatic rings. The van der Waals surface area contributed by atoms with Crippen LogP contribution in [-0.4, -0.2) is 9.91 Å². The maximum absolute atomic E-state index is 13.5. The van der Waals surface area contributed by atoms with Gasteiger partial charge in [0.2, 0.25) is 11.7 Å². The molecule has 0 saturated carbocycles. The van der Waals surface area contributed by atoms with Crippen molar-refractivity contribution < 1.29 is 18.4 Å². The Balaban J connectivity index is 2.33. The van der Waals surface area contributed by atoms with E-state index < -0.39 is 28.0 Å². The molecule has 1 aromatic heterocycles. The van der Waals surface area contributed by atoms with Crippen molar-refractivity contribution in [3.05, 3.63) is 57.2 Å². The fourth-order valence-corrected chi connectivity index (χ4v) is 1.38. The third kappa shape index (κ3) is 2.94. The van der Waals surface area contributed by atoms with Crippen LogP contribution in [0.1, 0.15) is 0 Å². The number of nitrogens with zero attached hydrogens (tertiary/aromatic N) is 2. The summed E-state index contributed by atoms with van der Waals surface area (Å²) in [5, 5.41) is 10.8. The second-order valence-corrected chi connectivity index (χ2v) is 3.84. The summed E-state index contributed by atoms with van der Waals surface area (Å²) in [5.41, 5.74) is -0.964.